The van der Waals surface area contributed by atoms with Crippen LogP contribution in [0.2, 0.25) is 0 Å². The van der Waals surface area contributed by atoms with Crippen molar-refractivity contribution in [1.82, 2.24) is 5.32 Å². The summed E-state index contributed by atoms with van der Waals surface area (Å²) in [6.45, 7) is 4.13. The van der Waals surface area contributed by atoms with Gasteiger partial charge in [0.2, 0.25) is 5.91 Å². The SMILES string of the molecule is CCCCCCCC(=O)NCC(=O)O.CCCCCCCC/C=C/CCCCCCCC(=O)O.[K+]. The van der Waals surface area contributed by atoms with Crippen molar-refractivity contribution < 1.29 is 76.0 Å². The van der Waals surface area contributed by atoms with E-state index in [0.717, 1.165) is 32.1 Å². The number of carboxylic acids is 2. The second kappa shape index (κ2) is 33.8. The van der Waals surface area contributed by atoms with E-state index in [1.54, 1.807) is 0 Å². The Morgan fingerprint density at radius 1 is 0.571 bits per heavy atom. The Kier molecular flexibility index (Phi) is 37.9. The van der Waals surface area contributed by atoms with E-state index in [2.05, 4.69) is 31.3 Å². The van der Waals surface area contributed by atoms with E-state index in [-0.39, 0.29) is 63.8 Å². The van der Waals surface area contributed by atoms with Gasteiger partial charge in [-0.25, -0.2) is 0 Å². The minimum Gasteiger partial charge on any atom is -0.481 e. The van der Waals surface area contributed by atoms with Crippen LogP contribution in [0.5, 0.6) is 0 Å². The summed E-state index contributed by atoms with van der Waals surface area (Å²) in [6, 6.07) is 0. The van der Waals surface area contributed by atoms with E-state index in [9.17, 15) is 14.4 Å². The largest absolute Gasteiger partial charge is 1.00 e. The summed E-state index contributed by atoms with van der Waals surface area (Å²) in [5.41, 5.74) is 0. The molecule has 0 saturated heterocycles. The van der Waals surface area contributed by atoms with Crippen LogP contribution in [0.3, 0.4) is 0 Å². The van der Waals surface area contributed by atoms with Gasteiger partial charge in [-0.2, -0.15) is 0 Å². The summed E-state index contributed by atoms with van der Waals surface area (Å²) in [7, 11) is 0. The smallest absolute Gasteiger partial charge is 0.481 e. The van der Waals surface area contributed by atoms with Crippen molar-refractivity contribution in [3.05, 3.63) is 12.2 Å². The molecule has 1 amide bonds. The Morgan fingerprint density at radius 2 is 0.971 bits per heavy atom. The molecule has 0 fully saturated rings. The molecular formula is C28H53KNO5+. The van der Waals surface area contributed by atoms with Crippen LogP contribution in [-0.2, 0) is 14.4 Å². The molecule has 0 spiro atoms. The summed E-state index contributed by atoms with van der Waals surface area (Å²) in [6.07, 6.45) is 27.1. The first-order chi connectivity index (χ1) is 16.4. The molecule has 6 nitrogen and oxygen atoms in total. The van der Waals surface area contributed by atoms with Crippen molar-refractivity contribution in [1.29, 1.82) is 0 Å². The minimum atomic E-state index is -0.996. The Labute approximate surface area is 257 Å². The van der Waals surface area contributed by atoms with Crippen LogP contribution in [0.15, 0.2) is 12.2 Å². The Morgan fingerprint density at radius 3 is 1.40 bits per heavy atom. The molecule has 35 heavy (non-hydrogen) atoms. The molecule has 0 aromatic heterocycles. The molecule has 0 unspecified atom stereocenters. The summed E-state index contributed by atoms with van der Waals surface area (Å²) in [5.74, 6) is -1.82. The van der Waals surface area contributed by atoms with Gasteiger partial charge in [-0.3, -0.25) is 14.4 Å². The third-order valence-electron chi connectivity index (χ3n) is 5.60. The number of allylic oxidation sites excluding steroid dienone is 2. The molecule has 0 atom stereocenters. The molecule has 0 aromatic carbocycles. The number of unbranched alkanes of at least 4 members (excludes halogenated alkanes) is 15. The van der Waals surface area contributed by atoms with Gasteiger partial charge in [0.1, 0.15) is 6.54 Å². The first kappa shape index (κ1) is 39.3. The Hall–Kier alpha value is -0.214. The van der Waals surface area contributed by atoms with E-state index in [1.807, 2.05) is 0 Å². The summed E-state index contributed by atoms with van der Waals surface area (Å²) in [5, 5.41) is 19.1. The molecule has 0 aliphatic heterocycles. The zero-order valence-corrected chi connectivity index (χ0v) is 26.2. The second-order valence-corrected chi connectivity index (χ2v) is 9.06. The van der Waals surface area contributed by atoms with Gasteiger partial charge in [-0.05, 0) is 38.5 Å². The fourth-order valence-electron chi connectivity index (χ4n) is 3.50. The van der Waals surface area contributed by atoms with Crippen LogP contribution in [-0.4, -0.2) is 34.6 Å². The van der Waals surface area contributed by atoms with Gasteiger partial charge < -0.3 is 15.5 Å². The van der Waals surface area contributed by atoms with Crippen molar-refractivity contribution in [3.63, 3.8) is 0 Å². The van der Waals surface area contributed by atoms with E-state index in [0.29, 0.717) is 12.8 Å². The van der Waals surface area contributed by atoms with Gasteiger partial charge in [-0.1, -0.05) is 103 Å². The average Bonchev–Trinajstić information content (AvgIpc) is 2.80. The molecular weight excluding hydrogens is 469 g/mol. The average molecular weight is 523 g/mol. The third-order valence-corrected chi connectivity index (χ3v) is 5.60. The maximum atomic E-state index is 11.0. The van der Waals surface area contributed by atoms with E-state index < -0.39 is 11.9 Å². The maximum absolute atomic E-state index is 11.0. The quantitative estimate of drug-likeness (QED) is 0.103. The molecule has 0 aliphatic rings. The van der Waals surface area contributed by atoms with Gasteiger partial charge in [-0.15, -0.1) is 0 Å². The fraction of sp³-hybridized carbons (Fsp3) is 0.821. The van der Waals surface area contributed by atoms with Crippen molar-refractivity contribution in [2.75, 3.05) is 6.54 Å². The maximum Gasteiger partial charge on any atom is 1.00 e. The molecule has 0 rings (SSSR count). The number of rotatable bonds is 23. The minimum absolute atomic E-state index is 0. The molecule has 3 N–H and O–H groups in total. The summed E-state index contributed by atoms with van der Waals surface area (Å²) < 4.78 is 0. The van der Waals surface area contributed by atoms with Crippen molar-refractivity contribution in [3.8, 4) is 0 Å². The van der Waals surface area contributed by atoms with Gasteiger partial charge in [0.05, 0.1) is 0 Å². The normalized spacial score (nSPS) is 10.3. The van der Waals surface area contributed by atoms with Crippen LogP contribution < -0.4 is 56.7 Å². The topological polar surface area (TPSA) is 104 Å². The van der Waals surface area contributed by atoms with Crippen molar-refractivity contribution >= 4 is 17.8 Å². The molecule has 0 aliphatic carbocycles. The predicted octanol–water partition coefficient (Wildman–Crippen LogP) is 4.66. The first-order valence-corrected chi connectivity index (χ1v) is 13.8. The number of amides is 1. The fourth-order valence-corrected chi connectivity index (χ4v) is 3.50. The molecule has 0 radical (unpaired) electrons. The first-order valence-electron chi connectivity index (χ1n) is 13.8. The van der Waals surface area contributed by atoms with E-state index >= 15 is 0 Å². The predicted molar refractivity (Wildman–Crippen MR) is 141 cm³/mol. The van der Waals surface area contributed by atoms with E-state index in [1.165, 1.54) is 83.5 Å². The number of nitrogens with one attached hydrogen (secondary N) is 1. The van der Waals surface area contributed by atoms with Crippen LogP contribution in [0.25, 0.3) is 0 Å². The monoisotopic (exact) mass is 522 g/mol. The Balaban J connectivity index is -0.000000603. The van der Waals surface area contributed by atoms with Crippen LogP contribution in [0.1, 0.15) is 142 Å². The molecule has 200 valence electrons. The standard InChI is InChI=1S/C18H34O2.C10H19NO3.K/c1-2-3-4-5-6-7-8-9-10-11-12-13-14-15-16-17-18(19)20;1-2-3-4-5-6-7-9(12)11-8-10(13)14;/h9-10H,2-8,11-17H2,1H3,(H,19,20);2-8H2,1H3,(H,11,12)(H,13,14);/q;;+1/b10-9+;;. The van der Waals surface area contributed by atoms with E-state index in [4.69, 9.17) is 10.2 Å². The molecule has 7 heteroatoms. The van der Waals surface area contributed by atoms with Gasteiger partial charge in [0, 0.05) is 12.8 Å². The van der Waals surface area contributed by atoms with Gasteiger partial charge >= 0.3 is 63.3 Å². The molecule has 0 bridgehead atoms. The van der Waals surface area contributed by atoms with Crippen LogP contribution in [0, 0.1) is 0 Å². The third kappa shape index (κ3) is 41.2. The van der Waals surface area contributed by atoms with Crippen LogP contribution in [0.4, 0.5) is 0 Å². The van der Waals surface area contributed by atoms with Crippen LogP contribution >= 0.6 is 0 Å². The Bertz CT molecular complexity index is 512. The van der Waals surface area contributed by atoms with Gasteiger partial charge in [0.15, 0.2) is 0 Å². The van der Waals surface area contributed by atoms with Crippen molar-refractivity contribution in [2.45, 2.75) is 142 Å². The number of hydrogen-bond acceptors (Lipinski definition) is 3. The number of carbonyl (C=O) groups is 3. The zero-order chi connectivity index (χ0) is 25.7. The number of carbonyl (C=O) groups excluding carboxylic acids is 1. The number of aliphatic carboxylic acids is 2. The van der Waals surface area contributed by atoms with Gasteiger partial charge in [0.25, 0.3) is 0 Å². The molecule has 0 aromatic rings. The number of hydrogen-bond donors (Lipinski definition) is 3. The van der Waals surface area contributed by atoms with Crippen molar-refractivity contribution in [2.24, 2.45) is 0 Å². The molecule has 0 heterocycles. The summed E-state index contributed by atoms with van der Waals surface area (Å²) >= 11 is 0. The number of carboxylic acid groups (broad SMARTS) is 2. The second-order valence-electron chi connectivity index (χ2n) is 9.06. The summed E-state index contributed by atoms with van der Waals surface area (Å²) in [4.78, 5) is 31.4. The zero-order valence-electron chi connectivity index (χ0n) is 23.1. The molecule has 0 saturated carbocycles.